The Labute approximate surface area is 150 Å². The van der Waals surface area contributed by atoms with Crippen LogP contribution in [0.15, 0.2) is 24.3 Å². The predicted molar refractivity (Wildman–Crippen MR) is 100 cm³/mol. The highest BCUT2D eigenvalue weighted by Gasteiger charge is 2.22. The molecule has 0 aromatic heterocycles. The number of hydrogen-bond acceptors (Lipinski definition) is 4. The first-order valence-corrected chi connectivity index (χ1v) is 9.41. The topological polar surface area (TPSA) is 59.1 Å². The molecule has 138 valence electrons. The summed E-state index contributed by atoms with van der Waals surface area (Å²) in [5.41, 5.74) is 0.849. The fraction of sp³-hybridized carbons (Fsp3) is 0.632. The van der Waals surface area contributed by atoms with Gasteiger partial charge in [0.05, 0.1) is 5.69 Å². The van der Waals surface area contributed by atoms with Gasteiger partial charge in [0.15, 0.2) is 0 Å². The van der Waals surface area contributed by atoms with Gasteiger partial charge in [0.1, 0.15) is 5.75 Å². The van der Waals surface area contributed by atoms with Gasteiger partial charge < -0.3 is 25.1 Å². The molecule has 6 nitrogen and oxygen atoms in total. The summed E-state index contributed by atoms with van der Waals surface area (Å²) in [6.07, 6.45) is 2.53. The molecule has 0 aliphatic carbocycles. The van der Waals surface area contributed by atoms with Crippen LogP contribution in [-0.4, -0.2) is 73.3 Å². The van der Waals surface area contributed by atoms with Crippen LogP contribution in [0.2, 0.25) is 0 Å². The molecule has 0 saturated carbocycles. The van der Waals surface area contributed by atoms with Crippen molar-refractivity contribution in [3.8, 4) is 5.75 Å². The average molecular weight is 346 g/mol. The van der Waals surface area contributed by atoms with E-state index in [0.29, 0.717) is 25.4 Å². The smallest absolute Gasteiger partial charge is 0.317 e. The highest BCUT2D eigenvalue weighted by atomic mass is 16.3. The largest absolute Gasteiger partial charge is 0.506 e. The number of hydrogen-bond donors (Lipinski definition) is 2. The molecular weight excluding hydrogens is 316 g/mol. The lowest BCUT2D eigenvalue weighted by Gasteiger charge is -2.36. The number of para-hydroxylation sites is 2. The molecule has 0 radical (unpaired) electrons. The number of phenolic OH excluding ortho intramolecular Hbond substituents is 1. The van der Waals surface area contributed by atoms with Crippen LogP contribution in [0, 0.1) is 5.92 Å². The number of nitrogens with zero attached hydrogens (tertiary/aromatic N) is 3. The number of phenols is 1. The zero-order valence-electron chi connectivity index (χ0n) is 15.2. The highest BCUT2D eigenvalue weighted by molar-refractivity contribution is 5.74. The average Bonchev–Trinajstić information content (AvgIpc) is 2.64. The number of piperazine rings is 1. The van der Waals surface area contributed by atoms with E-state index in [0.717, 1.165) is 44.3 Å². The second-order valence-corrected chi connectivity index (χ2v) is 7.22. The van der Waals surface area contributed by atoms with E-state index in [1.165, 1.54) is 12.8 Å². The first-order chi connectivity index (χ1) is 12.1. The van der Waals surface area contributed by atoms with E-state index < -0.39 is 0 Å². The molecule has 2 fully saturated rings. The second kappa shape index (κ2) is 8.43. The molecular formula is C19H30N4O2. The molecule has 0 unspecified atom stereocenters. The molecule has 25 heavy (non-hydrogen) atoms. The monoisotopic (exact) mass is 346 g/mol. The predicted octanol–water partition coefficient (Wildman–Crippen LogP) is 1.96. The van der Waals surface area contributed by atoms with E-state index in [1.54, 1.807) is 6.07 Å². The summed E-state index contributed by atoms with van der Waals surface area (Å²) in [5, 5.41) is 13.0. The number of carbonyl (C=O) groups is 1. The van der Waals surface area contributed by atoms with Crippen LogP contribution < -0.4 is 10.2 Å². The lowest BCUT2D eigenvalue weighted by molar-refractivity contribution is 0.179. The summed E-state index contributed by atoms with van der Waals surface area (Å²) in [7, 11) is 0. The summed E-state index contributed by atoms with van der Waals surface area (Å²) >= 11 is 0. The van der Waals surface area contributed by atoms with Crippen LogP contribution in [0.1, 0.15) is 19.8 Å². The highest BCUT2D eigenvalue weighted by Crippen LogP contribution is 2.27. The summed E-state index contributed by atoms with van der Waals surface area (Å²) < 4.78 is 0. The molecule has 2 aliphatic heterocycles. The number of nitrogens with one attached hydrogen (secondary N) is 1. The van der Waals surface area contributed by atoms with Gasteiger partial charge in [0, 0.05) is 39.3 Å². The maximum atomic E-state index is 12.3. The number of urea groups is 1. The van der Waals surface area contributed by atoms with Crippen molar-refractivity contribution in [1.82, 2.24) is 15.1 Å². The fourth-order valence-corrected chi connectivity index (χ4v) is 3.60. The number of rotatable bonds is 4. The van der Waals surface area contributed by atoms with Gasteiger partial charge in [0.2, 0.25) is 0 Å². The minimum Gasteiger partial charge on any atom is -0.506 e. The summed E-state index contributed by atoms with van der Waals surface area (Å²) in [4.78, 5) is 18.8. The molecule has 2 saturated heterocycles. The maximum absolute atomic E-state index is 12.3. The molecule has 2 N–H and O–H groups in total. The molecule has 3 rings (SSSR count). The number of carbonyl (C=O) groups excluding carboxylic acids is 1. The number of aromatic hydroxyl groups is 1. The van der Waals surface area contributed by atoms with Crippen molar-refractivity contribution in [3.05, 3.63) is 24.3 Å². The van der Waals surface area contributed by atoms with Gasteiger partial charge in [-0.25, -0.2) is 4.79 Å². The van der Waals surface area contributed by atoms with Crippen molar-refractivity contribution in [3.63, 3.8) is 0 Å². The molecule has 0 bridgehead atoms. The van der Waals surface area contributed by atoms with Crippen LogP contribution in [0.25, 0.3) is 0 Å². The van der Waals surface area contributed by atoms with Crippen molar-refractivity contribution < 1.29 is 9.90 Å². The lowest BCUT2D eigenvalue weighted by atomic mass is 9.99. The molecule has 1 aromatic rings. The van der Waals surface area contributed by atoms with Gasteiger partial charge in [-0.3, -0.25) is 0 Å². The Morgan fingerprint density at radius 1 is 1.12 bits per heavy atom. The van der Waals surface area contributed by atoms with Gasteiger partial charge in [-0.2, -0.15) is 0 Å². The molecule has 6 heteroatoms. The third kappa shape index (κ3) is 4.78. The maximum Gasteiger partial charge on any atom is 0.317 e. The molecule has 0 spiro atoms. The SMILES string of the molecule is CC1CCN(CCNC(=O)N2CCN(c3ccccc3O)CC2)CC1. The number of likely N-dealkylation sites (tertiary alicyclic amines) is 1. The molecule has 2 heterocycles. The van der Waals surface area contributed by atoms with E-state index in [2.05, 4.69) is 22.0 Å². The van der Waals surface area contributed by atoms with Crippen molar-refractivity contribution in [2.75, 3.05) is 57.3 Å². The standard InChI is InChI=1S/C19H30N4O2/c1-16-6-9-21(10-7-16)11-8-20-19(25)23-14-12-22(13-15-23)17-4-2-3-5-18(17)24/h2-5,16,24H,6-15H2,1H3,(H,20,25). The van der Waals surface area contributed by atoms with Crippen molar-refractivity contribution in [2.45, 2.75) is 19.8 Å². The van der Waals surface area contributed by atoms with E-state index in [1.807, 2.05) is 23.1 Å². The fourth-order valence-electron chi connectivity index (χ4n) is 3.60. The Morgan fingerprint density at radius 3 is 2.48 bits per heavy atom. The van der Waals surface area contributed by atoms with E-state index >= 15 is 0 Å². The van der Waals surface area contributed by atoms with Crippen LogP contribution in [-0.2, 0) is 0 Å². The van der Waals surface area contributed by atoms with Gasteiger partial charge in [-0.05, 0) is 44.0 Å². The number of benzene rings is 1. The Bertz CT molecular complexity index is 564. The van der Waals surface area contributed by atoms with Crippen LogP contribution in [0.4, 0.5) is 10.5 Å². The minimum atomic E-state index is 0.0299. The number of amides is 2. The van der Waals surface area contributed by atoms with Crippen LogP contribution in [0.3, 0.4) is 0 Å². The van der Waals surface area contributed by atoms with Gasteiger partial charge in [0.25, 0.3) is 0 Å². The number of piperidine rings is 1. The third-order valence-corrected chi connectivity index (χ3v) is 5.37. The normalized spacial score (nSPS) is 19.9. The minimum absolute atomic E-state index is 0.0299. The zero-order chi connectivity index (χ0) is 17.6. The molecule has 1 aromatic carbocycles. The summed E-state index contributed by atoms with van der Waals surface area (Å²) in [6, 6.07) is 7.41. The Balaban J connectivity index is 1.38. The van der Waals surface area contributed by atoms with E-state index in [-0.39, 0.29) is 6.03 Å². The molecule has 2 aliphatic rings. The molecule has 0 atom stereocenters. The summed E-state index contributed by atoms with van der Waals surface area (Å²) in [5.74, 6) is 1.14. The van der Waals surface area contributed by atoms with E-state index in [4.69, 9.17) is 0 Å². The van der Waals surface area contributed by atoms with Crippen molar-refractivity contribution in [1.29, 1.82) is 0 Å². The number of anilines is 1. The first kappa shape index (κ1) is 17.9. The Kier molecular flexibility index (Phi) is 6.02. The van der Waals surface area contributed by atoms with E-state index in [9.17, 15) is 9.90 Å². The lowest BCUT2D eigenvalue weighted by Crippen LogP contribution is -2.52. The molecule has 2 amide bonds. The quantitative estimate of drug-likeness (QED) is 0.875. The van der Waals surface area contributed by atoms with Crippen LogP contribution in [0.5, 0.6) is 5.75 Å². The van der Waals surface area contributed by atoms with Crippen molar-refractivity contribution in [2.24, 2.45) is 5.92 Å². The third-order valence-electron chi connectivity index (χ3n) is 5.37. The van der Waals surface area contributed by atoms with Crippen molar-refractivity contribution >= 4 is 11.7 Å². The first-order valence-electron chi connectivity index (χ1n) is 9.41. The summed E-state index contributed by atoms with van der Waals surface area (Å²) in [6.45, 7) is 9.12. The van der Waals surface area contributed by atoms with Gasteiger partial charge in [-0.15, -0.1) is 0 Å². The van der Waals surface area contributed by atoms with Gasteiger partial charge >= 0.3 is 6.03 Å². The Hall–Kier alpha value is -1.95. The zero-order valence-corrected chi connectivity index (χ0v) is 15.2. The van der Waals surface area contributed by atoms with Gasteiger partial charge in [-0.1, -0.05) is 19.1 Å². The van der Waals surface area contributed by atoms with Crippen LogP contribution >= 0.6 is 0 Å². The second-order valence-electron chi connectivity index (χ2n) is 7.22. The Morgan fingerprint density at radius 2 is 1.80 bits per heavy atom.